The number of nitrogens with zero attached hydrogens (tertiary/aromatic N) is 4. The van der Waals surface area contributed by atoms with Crippen molar-refractivity contribution in [3.8, 4) is 0 Å². The van der Waals surface area contributed by atoms with Gasteiger partial charge in [0.05, 0.1) is 29.9 Å². The molecule has 11 heteroatoms. The molecule has 0 radical (unpaired) electrons. The third kappa shape index (κ3) is 3.33. The maximum Gasteiger partial charge on any atom is 0.417 e. The number of ether oxygens (including phenoxy) is 1. The molecule has 1 aliphatic rings. The summed E-state index contributed by atoms with van der Waals surface area (Å²) in [4.78, 5) is 28.2. The smallest absolute Gasteiger partial charge is 0.417 e. The van der Waals surface area contributed by atoms with Crippen molar-refractivity contribution in [2.45, 2.75) is 38.0 Å². The summed E-state index contributed by atoms with van der Waals surface area (Å²) in [5.41, 5.74) is -1.46. The van der Waals surface area contributed by atoms with Crippen LogP contribution >= 0.6 is 11.6 Å². The van der Waals surface area contributed by atoms with E-state index >= 15 is 0 Å². The number of rotatable bonds is 3. The standard InChI is InChI=1S/C15H14ClF3N4O3/c1-26-13(24)11-3-2-4-12-21-22(14(25)23(11)12)7-10-9(16)5-8(6-20-10)15(17,18)19/h5-6,11H,2-4,7H2,1H3/t11-/m1/s1. The van der Waals surface area contributed by atoms with E-state index < -0.39 is 29.4 Å². The fourth-order valence-corrected chi connectivity index (χ4v) is 3.10. The van der Waals surface area contributed by atoms with Crippen LogP contribution in [-0.2, 0) is 28.7 Å². The summed E-state index contributed by atoms with van der Waals surface area (Å²) in [6, 6.07) is -0.0108. The fourth-order valence-electron chi connectivity index (χ4n) is 2.87. The lowest BCUT2D eigenvalue weighted by Crippen LogP contribution is -2.35. The molecule has 0 bridgehead atoms. The van der Waals surface area contributed by atoms with Crippen molar-refractivity contribution in [3.05, 3.63) is 44.9 Å². The summed E-state index contributed by atoms with van der Waals surface area (Å²) < 4.78 is 45.1. The van der Waals surface area contributed by atoms with E-state index in [1.54, 1.807) is 0 Å². The van der Waals surface area contributed by atoms with Crippen LogP contribution in [0.1, 0.15) is 36.0 Å². The maximum atomic E-state index is 12.7. The van der Waals surface area contributed by atoms with Crippen molar-refractivity contribution < 1.29 is 22.7 Å². The molecule has 3 rings (SSSR count). The second-order valence-electron chi connectivity index (χ2n) is 5.81. The van der Waals surface area contributed by atoms with Crippen LogP contribution in [0.2, 0.25) is 5.02 Å². The summed E-state index contributed by atoms with van der Waals surface area (Å²) in [5.74, 6) is -0.127. The molecule has 2 aromatic rings. The Morgan fingerprint density at radius 3 is 2.81 bits per heavy atom. The Labute approximate surface area is 150 Å². The number of carbonyl (C=O) groups is 1. The zero-order valence-electron chi connectivity index (χ0n) is 13.6. The second-order valence-corrected chi connectivity index (χ2v) is 6.22. The van der Waals surface area contributed by atoms with Gasteiger partial charge in [0.15, 0.2) is 0 Å². The summed E-state index contributed by atoms with van der Waals surface area (Å²) >= 11 is 5.88. The highest BCUT2D eigenvalue weighted by atomic mass is 35.5. The predicted octanol–water partition coefficient (Wildman–Crippen LogP) is 2.21. The van der Waals surface area contributed by atoms with Crippen LogP contribution < -0.4 is 5.69 Å². The Kier molecular flexibility index (Phi) is 4.78. The second kappa shape index (κ2) is 6.75. The van der Waals surface area contributed by atoms with Gasteiger partial charge in [-0.1, -0.05) is 11.6 Å². The molecule has 2 aromatic heterocycles. The number of carbonyl (C=O) groups excluding carboxylic acids is 1. The van der Waals surface area contributed by atoms with E-state index in [2.05, 4.69) is 10.1 Å². The van der Waals surface area contributed by atoms with E-state index in [1.807, 2.05) is 0 Å². The first-order chi connectivity index (χ1) is 12.2. The molecule has 1 aliphatic heterocycles. The van der Waals surface area contributed by atoms with Crippen molar-refractivity contribution in [2.24, 2.45) is 0 Å². The number of aryl methyl sites for hydroxylation is 1. The highest BCUT2D eigenvalue weighted by molar-refractivity contribution is 6.31. The highest BCUT2D eigenvalue weighted by Crippen LogP contribution is 2.31. The Hall–Kier alpha value is -2.36. The molecule has 0 amide bonds. The molecular weight excluding hydrogens is 377 g/mol. The van der Waals surface area contributed by atoms with E-state index in [-0.39, 0.29) is 17.3 Å². The number of hydrogen-bond acceptors (Lipinski definition) is 5. The Balaban J connectivity index is 1.94. The van der Waals surface area contributed by atoms with Gasteiger partial charge < -0.3 is 4.74 Å². The van der Waals surface area contributed by atoms with Gasteiger partial charge in [-0.2, -0.15) is 18.3 Å². The van der Waals surface area contributed by atoms with E-state index in [1.165, 1.54) is 11.7 Å². The number of hydrogen-bond donors (Lipinski definition) is 0. The van der Waals surface area contributed by atoms with Gasteiger partial charge in [0.1, 0.15) is 11.9 Å². The van der Waals surface area contributed by atoms with Gasteiger partial charge in [-0.3, -0.25) is 9.55 Å². The maximum absolute atomic E-state index is 12.7. The molecule has 3 heterocycles. The van der Waals surface area contributed by atoms with Gasteiger partial charge in [-0.15, -0.1) is 0 Å². The molecule has 0 unspecified atom stereocenters. The van der Waals surface area contributed by atoms with Gasteiger partial charge in [0, 0.05) is 12.6 Å². The Bertz CT molecular complexity index is 907. The molecule has 0 N–H and O–H groups in total. The Morgan fingerprint density at radius 2 is 2.19 bits per heavy atom. The van der Waals surface area contributed by atoms with Crippen LogP contribution in [-0.4, -0.2) is 32.4 Å². The van der Waals surface area contributed by atoms with E-state index in [4.69, 9.17) is 16.3 Å². The van der Waals surface area contributed by atoms with Gasteiger partial charge in [0.25, 0.3) is 0 Å². The van der Waals surface area contributed by atoms with Crippen molar-refractivity contribution in [1.82, 2.24) is 19.3 Å². The van der Waals surface area contributed by atoms with Crippen LogP contribution in [0.25, 0.3) is 0 Å². The summed E-state index contributed by atoms with van der Waals surface area (Å²) in [6.07, 6.45) is -2.29. The first-order valence-corrected chi connectivity index (χ1v) is 8.08. The van der Waals surface area contributed by atoms with Crippen molar-refractivity contribution >= 4 is 17.6 Å². The lowest BCUT2D eigenvalue weighted by molar-refractivity contribution is -0.145. The molecule has 0 saturated carbocycles. The quantitative estimate of drug-likeness (QED) is 0.751. The number of halogens is 4. The average Bonchev–Trinajstić information content (AvgIpc) is 2.91. The van der Waals surface area contributed by atoms with E-state index in [9.17, 15) is 22.8 Å². The topological polar surface area (TPSA) is 79.0 Å². The summed E-state index contributed by atoms with van der Waals surface area (Å²) in [6.45, 7) is -0.205. The van der Waals surface area contributed by atoms with Crippen molar-refractivity contribution in [1.29, 1.82) is 0 Å². The van der Waals surface area contributed by atoms with Gasteiger partial charge >= 0.3 is 17.8 Å². The molecule has 1 atom stereocenters. The Morgan fingerprint density at radius 1 is 1.46 bits per heavy atom. The zero-order chi connectivity index (χ0) is 19.1. The third-order valence-corrected chi connectivity index (χ3v) is 4.48. The van der Waals surface area contributed by atoms with Gasteiger partial charge in [-0.25, -0.2) is 14.3 Å². The van der Waals surface area contributed by atoms with E-state index in [0.717, 1.165) is 10.7 Å². The fraction of sp³-hybridized carbons (Fsp3) is 0.467. The first-order valence-electron chi connectivity index (χ1n) is 7.70. The predicted molar refractivity (Wildman–Crippen MR) is 83.8 cm³/mol. The largest absolute Gasteiger partial charge is 0.467 e. The lowest BCUT2D eigenvalue weighted by atomic mass is 10.1. The molecule has 0 spiro atoms. The number of pyridine rings is 1. The average molecular weight is 391 g/mol. The van der Waals surface area contributed by atoms with Crippen molar-refractivity contribution in [2.75, 3.05) is 7.11 Å². The molecule has 0 aromatic carbocycles. The molecule has 7 nitrogen and oxygen atoms in total. The SMILES string of the molecule is COC(=O)[C@H]1CCCc2nn(Cc3ncc(C(F)(F)F)cc3Cl)c(=O)n21. The minimum absolute atomic E-state index is 0.0758. The molecule has 0 fully saturated rings. The normalized spacial score (nSPS) is 17.0. The molecule has 0 aliphatic carbocycles. The number of methoxy groups -OCH3 is 1. The highest BCUT2D eigenvalue weighted by Gasteiger charge is 2.33. The summed E-state index contributed by atoms with van der Waals surface area (Å²) in [5, 5.41) is 3.94. The van der Waals surface area contributed by atoms with Crippen LogP contribution in [0, 0.1) is 0 Å². The molecule has 26 heavy (non-hydrogen) atoms. The minimum Gasteiger partial charge on any atom is -0.467 e. The summed E-state index contributed by atoms with van der Waals surface area (Å²) in [7, 11) is 1.23. The van der Waals surface area contributed by atoms with Crippen LogP contribution in [0.3, 0.4) is 0 Å². The first kappa shape index (κ1) is 18.4. The van der Waals surface area contributed by atoms with Crippen LogP contribution in [0.4, 0.5) is 13.2 Å². The van der Waals surface area contributed by atoms with Crippen LogP contribution in [0.5, 0.6) is 0 Å². The molecule has 140 valence electrons. The molecule has 0 saturated heterocycles. The lowest BCUT2D eigenvalue weighted by Gasteiger charge is -2.20. The number of aromatic nitrogens is 4. The number of esters is 1. The molecular formula is C15H14ClF3N4O3. The van der Waals surface area contributed by atoms with Crippen molar-refractivity contribution in [3.63, 3.8) is 0 Å². The minimum atomic E-state index is -4.56. The third-order valence-electron chi connectivity index (χ3n) is 4.15. The monoisotopic (exact) mass is 390 g/mol. The number of alkyl halides is 3. The van der Waals surface area contributed by atoms with Crippen LogP contribution in [0.15, 0.2) is 17.1 Å². The number of fused-ring (bicyclic) bond motifs is 1. The zero-order valence-corrected chi connectivity index (χ0v) is 14.3. The van der Waals surface area contributed by atoms with Gasteiger partial charge in [0.2, 0.25) is 0 Å². The van der Waals surface area contributed by atoms with E-state index in [0.29, 0.717) is 31.3 Å². The van der Waals surface area contributed by atoms with Gasteiger partial charge in [-0.05, 0) is 18.9 Å².